The van der Waals surface area contributed by atoms with Crippen LogP contribution in [0, 0.1) is 10.1 Å². The molecule has 0 aliphatic heterocycles. The van der Waals surface area contributed by atoms with Crippen molar-refractivity contribution in [2.45, 2.75) is 31.2 Å². The molecule has 0 aromatic heterocycles. The topological polar surface area (TPSA) is 101 Å². The second-order valence-corrected chi connectivity index (χ2v) is 6.69. The van der Waals surface area contributed by atoms with E-state index in [1.807, 2.05) is 0 Å². The molecule has 0 amide bonds. The number of anilines is 1. The maximum absolute atomic E-state index is 12.2. The van der Waals surface area contributed by atoms with E-state index in [0.717, 1.165) is 6.07 Å². The fourth-order valence-corrected chi connectivity index (χ4v) is 3.16. The SMILES string of the molecule is CNc1ccc([N+](=O)[O-])cc1S(=O)(=O)NC(C)(C)C. The molecule has 0 radical (unpaired) electrons. The van der Waals surface area contributed by atoms with Crippen molar-refractivity contribution in [1.82, 2.24) is 4.72 Å². The summed E-state index contributed by atoms with van der Waals surface area (Å²) < 4.78 is 26.9. The van der Waals surface area contributed by atoms with Crippen LogP contribution in [0.2, 0.25) is 0 Å². The van der Waals surface area contributed by atoms with Gasteiger partial charge in [0.15, 0.2) is 0 Å². The Labute approximate surface area is 112 Å². The summed E-state index contributed by atoms with van der Waals surface area (Å²) in [4.78, 5) is 9.97. The highest BCUT2D eigenvalue weighted by Crippen LogP contribution is 2.26. The molecule has 7 nitrogen and oxygen atoms in total. The number of sulfonamides is 1. The van der Waals surface area contributed by atoms with Crippen molar-refractivity contribution in [2.24, 2.45) is 0 Å². The summed E-state index contributed by atoms with van der Waals surface area (Å²) in [6, 6.07) is 3.66. The van der Waals surface area contributed by atoms with Crippen LogP contribution in [0.1, 0.15) is 20.8 Å². The van der Waals surface area contributed by atoms with E-state index >= 15 is 0 Å². The summed E-state index contributed by atoms with van der Waals surface area (Å²) in [5, 5.41) is 13.4. The van der Waals surface area contributed by atoms with E-state index in [1.165, 1.54) is 12.1 Å². The molecule has 0 unspecified atom stereocenters. The second-order valence-electron chi connectivity index (χ2n) is 5.04. The smallest absolute Gasteiger partial charge is 0.270 e. The van der Waals surface area contributed by atoms with Gasteiger partial charge >= 0.3 is 0 Å². The van der Waals surface area contributed by atoms with Crippen molar-refractivity contribution in [2.75, 3.05) is 12.4 Å². The Morgan fingerprint density at radius 3 is 2.26 bits per heavy atom. The van der Waals surface area contributed by atoms with E-state index in [2.05, 4.69) is 10.0 Å². The van der Waals surface area contributed by atoms with E-state index < -0.39 is 20.5 Å². The molecular formula is C11H17N3O4S. The third kappa shape index (κ3) is 3.90. The minimum absolute atomic E-state index is 0.140. The molecule has 19 heavy (non-hydrogen) atoms. The molecule has 0 fully saturated rings. The van der Waals surface area contributed by atoms with Gasteiger partial charge in [0.1, 0.15) is 4.90 Å². The Kier molecular flexibility index (Phi) is 4.16. The van der Waals surface area contributed by atoms with Crippen LogP contribution in [0.4, 0.5) is 11.4 Å². The summed E-state index contributed by atoms with van der Waals surface area (Å²) in [5.41, 5.74) is -0.635. The highest BCUT2D eigenvalue weighted by atomic mass is 32.2. The Morgan fingerprint density at radius 2 is 1.84 bits per heavy atom. The summed E-state index contributed by atoms with van der Waals surface area (Å²) in [6.45, 7) is 5.09. The van der Waals surface area contributed by atoms with Crippen molar-refractivity contribution >= 4 is 21.4 Å². The first-order valence-electron chi connectivity index (χ1n) is 5.57. The van der Waals surface area contributed by atoms with Crippen molar-refractivity contribution in [3.8, 4) is 0 Å². The first-order valence-corrected chi connectivity index (χ1v) is 7.05. The predicted molar refractivity (Wildman–Crippen MR) is 72.7 cm³/mol. The number of rotatable bonds is 4. The minimum Gasteiger partial charge on any atom is -0.387 e. The molecule has 0 heterocycles. The molecular weight excluding hydrogens is 270 g/mol. The van der Waals surface area contributed by atoms with E-state index in [0.29, 0.717) is 5.69 Å². The lowest BCUT2D eigenvalue weighted by Crippen LogP contribution is -2.40. The first-order chi connectivity index (χ1) is 8.57. The molecule has 8 heteroatoms. The maximum atomic E-state index is 12.2. The quantitative estimate of drug-likeness (QED) is 0.648. The standard InChI is InChI=1S/C11H17N3O4S/c1-11(2,3)13-19(17,18)10-7-8(14(15)16)5-6-9(10)12-4/h5-7,12-13H,1-4H3. The predicted octanol–water partition coefficient (Wildman–Crippen LogP) is 1.71. The fourth-order valence-electron chi connectivity index (χ4n) is 1.51. The third-order valence-corrected chi connectivity index (χ3v) is 3.97. The van der Waals surface area contributed by atoms with Crippen LogP contribution in [0.5, 0.6) is 0 Å². The molecule has 0 aliphatic carbocycles. The summed E-state index contributed by atoms with van der Waals surface area (Å²) in [7, 11) is -2.28. The van der Waals surface area contributed by atoms with E-state index in [4.69, 9.17) is 0 Å². The van der Waals surface area contributed by atoms with Crippen LogP contribution in [0.15, 0.2) is 23.1 Å². The van der Waals surface area contributed by atoms with Gasteiger partial charge in [0.25, 0.3) is 5.69 Å². The van der Waals surface area contributed by atoms with Crippen molar-refractivity contribution in [1.29, 1.82) is 0 Å². The molecule has 0 saturated carbocycles. The Bertz CT molecular complexity index is 590. The molecule has 0 spiro atoms. The Hall–Kier alpha value is -1.67. The van der Waals surface area contributed by atoms with Crippen molar-refractivity contribution < 1.29 is 13.3 Å². The van der Waals surface area contributed by atoms with Crippen LogP contribution in [-0.2, 0) is 10.0 Å². The summed E-state index contributed by atoms with van der Waals surface area (Å²) >= 11 is 0. The van der Waals surface area contributed by atoms with Gasteiger partial charge in [-0.2, -0.15) is 0 Å². The van der Waals surface area contributed by atoms with Gasteiger partial charge in [0, 0.05) is 24.7 Å². The zero-order chi connectivity index (χ0) is 14.8. The first kappa shape index (κ1) is 15.4. The molecule has 1 aromatic carbocycles. The summed E-state index contributed by atoms with van der Waals surface area (Å²) in [5.74, 6) is 0. The fraction of sp³-hybridized carbons (Fsp3) is 0.455. The molecule has 0 atom stereocenters. The number of hydrogen-bond donors (Lipinski definition) is 2. The molecule has 0 bridgehead atoms. The van der Waals surface area contributed by atoms with Gasteiger partial charge in [-0.05, 0) is 26.8 Å². The van der Waals surface area contributed by atoms with E-state index in [9.17, 15) is 18.5 Å². The van der Waals surface area contributed by atoms with Crippen molar-refractivity contribution in [3.63, 3.8) is 0 Å². The monoisotopic (exact) mass is 287 g/mol. The molecule has 1 rings (SSSR count). The van der Waals surface area contributed by atoms with Gasteiger partial charge in [0.2, 0.25) is 10.0 Å². The van der Waals surface area contributed by atoms with Crippen molar-refractivity contribution in [3.05, 3.63) is 28.3 Å². The number of nitro benzene ring substituents is 1. The lowest BCUT2D eigenvalue weighted by molar-refractivity contribution is -0.385. The summed E-state index contributed by atoms with van der Waals surface area (Å²) in [6.07, 6.45) is 0. The highest BCUT2D eigenvalue weighted by Gasteiger charge is 2.26. The number of hydrogen-bond acceptors (Lipinski definition) is 5. The lowest BCUT2D eigenvalue weighted by atomic mass is 10.1. The molecule has 1 aromatic rings. The third-order valence-electron chi connectivity index (χ3n) is 2.18. The van der Waals surface area contributed by atoms with Gasteiger partial charge in [-0.15, -0.1) is 0 Å². The average Bonchev–Trinajstić information content (AvgIpc) is 2.24. The van der Waals surface area contributed by atoms with Gasteiger partial charge < -0.3 is 5.32 Å². The lowest BCUT2D eigenvalue weighted by Gasteiger charge is -2.21. The average molecular weight is 287 g/mol. The molecule has 2 N–H and O–H groups in total. The molecule has 0 saturated heterocycles. The number of nitrogens with one attached hydrogen (secondary N) is 2. The molecule has 106 valence electrons. The van der Waals surface area contributed by atoms with Crippen LogP contribution in [0.25, 0.3) is 0 Å². The molecule has 0 aliphatic rings. The second kappa shape index (κ2) is 5.14. The van der Waals surface area contributed by atoms with E-state index in [1.54, 1.807) is 27.8 Å². The Morgan fingerprint density at radius 1 is 1.26 bits per heavy atom. The van der Waals surface area contributed by atoms with Crippen LogP contribution in [0.3, 0.4) is 0 Å². The number of non-ortho nitro benzene ring substituents is 1. The van der Waals surface area contributed by atoms with Crippen LogP contribution >= 0.6 is 0 Å². The Balaban J connectivity index is 3.39. The minimum atomic E-state index is -3.83. The normalized spacial score (nSPS) is 12.2. The van der Waals surface area contributed by atoms with Crippen LogP contribution < -0.4 is 10.0 Å². The van der Waals surface area contributed by atoms with Crippen LogP contribution in [-0.4, -0.2) is 25.9 Å². The number of benzene rings is 1. The zero-order valence-corrected chi connectivity index (χ0v) is 12.0. The number of nitro groups is 1. The van der Waals surface area contributed by atoms with Gasteiger partial charge in [-0.3, -0.25) is 10.1 Å². The largest absolute Gasteiger partial charge is 0.387 e. The zero-order valence-electron chi connectivity index (χ0n) is 11.2. The van der Waals surface area contributed by atoms with Gasteiger partial charge in [-0.1, -0.05) is 0 Å². The van der Waals surface area contributed by atoms with Gasteiger partial charge in [0.05, 0.1) is 10.6 Å². The van der Waals surface area contributed by atoms with Gasteiger partial charge in [-0.25, -0.2) is 13.1 Å². The highest BCUT2D eigenvalue weighted by molar-refractivity contribution is 7.89. The van der Waals surface area contributed by atoms with E-state index in [-0.39, 0.29) is 10.6 Å². The maximum Gasteiger partial charge on any atom is 0.270 e. The number of nitrogens with zero attached hydrogens (tertiary/aromatic N) is 1.